The van der Waals surface area contributed by atoms with Gasteiger partial charge < -0.3 is 14.6 Å². The summed E-state index contributed by atoms with van der Waals surface area (Å²) in [4.78, 5) is 10.7. The summed E-state index contributed by atoms with van der Waals surface area (Å²) < 4.78 is 5.68. The van der Waals surface area contributed by atoms with Crippen molar-refractivity contribution in [2.45, 2.75) is 12.8 Å². The topological polar surface area (TPSA) is 80.0 Å². The van der Waals surface area contributed by atoms with E-state index in [1.54, 1.807) is 18.6 Å². The van der Waals surface area contributed by atoms with Crippen molar-refractivity contribution in [1.82, 2.24) is 20.2 Å². The first-order chi connectivity index (χ1) is 11.4. The molecule has 1 aliphatic rings. The maximum Gasteiger partial charge on any atom is 0.320 e. The zero-order valence-corrected chi connectivity index (χ0v) is 12.5. The Balaban J connectivity index is 1.58. The van der Waals surface area contributed by atoms with Gasteiger partial charge in [-0.3, -0.25) is 4.98 Å². The third kappa shape index (κ3) is 2.85. The second-order valence-corrected chi connectivity index (χ2v) is 5.34. The van der Waals surface area contributed by atoms with Crippen molar-refractivity contribution in [2.75, 3.05) is 23.3 Å². The SMILES string of the molecule is c1cnc(N2CCCC2)c(Nc2nnc(-c3ccncc3)o2)c1. The molecule has 1 N–H and O–H groups in total. The highest BCUT2D eigenvalue weighted by Crippen LogP contribution is 2.29. The molecule has 0 atom stereocenters. The molecule has 0 aromatic carbocycles. The number of nitrogens with zero attached hydrogens (tertiary/aromatic N) is 5. The maximum atomic E-state index is 5.68. The molecule has 0 saturated carbocycles. The molecule has 0 bridgehead atoms. The number of aromatic nitrogens is 4. The van der Waals surface area contributed by atoms with Crippen LogP contribution in [0.15, 0.2) is 47.3 Å². The van der Waals surface area contributed by atoms with E-state index < -0.39 is 0 Å². The number of nitrogens with one attached hydrogen (secondary N) is 1. The fourth-order valence-corrected chi connectivity index (χ4v) is 2.68. The molecule has 1 fully saturated rings. The van der Waals surface area contributed by atoms with Gasteiger partial charge in [0.15, 0.2) is 5.82 Å². The van der Waals surface area contributed by atoms with Crippen LogP contribution in [0.3, 0.4) is 0 Å². The summed E-state index contributed by atoms with van der Waals surface area (Å²) in [6.07, 6.45) is 7.58. The van der Waals surface area contributed by atoms with E-state index in [-0.39, 0.29) is 0 Å². The summed E-state index contributed by atoms with van der Waals surface area (Å²) in [7, 11) is 0. The zero-order valence-electron chi connectivity index (χ0n) is 12.5. The Hall–Kier alpha value is -2.96. The third-order valence-electron chi connectivity index (χ3n) is 3.79. The second kappa shape index (κ2) is 6.04. The third-order valence-corrected chi connectivity index (χ3v) is 3.79. The molecule has 0 unspecified atom stereocenters. The van der Waals surface area contributed by atoms with Gasteiger partial charge in [0.05, 0.1) is 5.69 Å². The molecule has 23 heavy (non-hydrogen) atoms. The molecular formula is C16H16N6O. The molecule has 4 rings (SSSR count). The molecule has 4 heterocycles. The van der Waals surface area contributed by atoms with Crippen molar-refractivity contribution in [1.29, 1.82) is 0 Å². The highest BCUT2D eigenvalue weighted by molar-refractivity contribution is 5.69. The zero-order chi connectivity index (χ0) is 15.5. The number of pyridine rings is 2. The van der Waals surface area contributed by atoms with Gasteiger partial charge in [-0.1, -0.05) is 5.10 Å². The minimum absolute atomic E-state index is 0.352. The van der Waals surface area contributed by atoms with Gasteiger partial charge >= 0.3 is 6.01 Å². The normalized spacial score (nSPS) is 14.2. The standard InChI is InChI=1S/C16H16N6O/c1-2-11-22(10-1)14-13(4-3-7-18-14)19-16-21-20-15(23-16)12-5-8-17-9-6-12/h3-9H,1-2,10-11H2,(H,19,21). The van der Waals surface area contributed by atoms with Crippen LogP contribution >= 0.6 is 0 Å². The van der Waals surface area contributed by atoms with E-state index in [2.05, 4.69) is 30.4 Å². The summed E-state index contributed by atoms with van der Waals surface area (Å²) >= 11 is 0. The van der Waals surface area contributed by atoms with E-state index in [0.717, 1.165) is 30.2 Å². The Labute approximate surface area is 133 Å². The molecule has 7 nitrogen and oxygen atoms in total. The molecule has 0 amide bonds. The van der Waals surface area contributed by atoms with E-state index in [0.29, 0.717) is 11.9 Å². The molecule has 3 aromatic heterocycles. The van der Waals surface area contributed by atoms with Crippen LogP contribution in [0.4, 0.5) is 17.5 Å². The smallest absolute Gasteiger partial charge is 0.320 e. The number of anilines is 3. The maximum absolute atomic E-state index is 5.68. The van der Waals surface area contributed by atoms with Crippen molar-refractivity contribution < 1.29 is 4.42 Å². The lowest BCUT2D eigenvalue weighted by molar-refractivity contribution is 0.587. The molecule has 0 aliphatic carbocycles. The largest absolute Gasteiger partial charge is 0.403 e. The summed E-state index contributed by atoms with van der Waals surface area (Å²) in [5.74, 6) is 1.38. The Morgan fingerprint density at radius 3 is 2.65 bits per heavy atom. The lowest BCUT2D eigenvalue weighted by Crippen LogP contribution is -2.20. The predicted molar refractivity (Wildman–Crippen MR) is 86.5 cm³/mol. The summed E-state index contributed by atoms with van der Waals surface area (Å²) in [5.41, 5.74) is 1.71. The molecule has 0 spiro atoms. The van der Waals surface area contributed by atoms with Crippen LogP contribution in [0.1, 0.15) is 12.8 Å². The quantitative estimate of drug-likeness (QED) is 0.793. The second-order valence-electron chi connectivity index (χ2n) is 5.34. The van der Waals surface area contributed by atoms with E-state index in [1.165, 1.54) is 12.8 Å². The van der Waals surface area contributed by atoms with Crippen LogP contribution in [0.2, 0.25) is 0 Å². The fourth-order valence-electron chi connectivity index (χ4n) is 2.68. The van der Waals surface area contributed by atoms with E-state index >= 15 is 0 Å². The van der Waals surface area contributed by atoms with E-state index in [4.69, 9.17) is 4.42 Å². The monoisotopic (exact) mass is 308 g/mol. The highest BCUT2D eigenvalue weighted by atomic mass is 16.4. The summed E-state index contributed by atoms with van der Waals surface area (Å²) in [6, 6.07) is 7.87. The summed E-state index contributed by atoms with van der Waals surface area (Å²) in [5, 5.41) is 11.3. The lowest BCUT2D eigenvalue weighted by atomic mass is 10.3. The van der Waals surface area contributed by atoms with Crippen LogP contribution in [0.5, 0.6) is 0 Å². The number of rotatable bonds is 4. The molecule has 1 aliphatic heterocycles. The predicted octanol–water partition coefficient (Wildman–Crippen LogP) is 2.87. The lowest BCUT2D eigenvalue weighted by Gasteiger charge is -2.19. The first kappa shape index (κ1) is 13.7. The van der Waals surface area contributed by atoms with Gasteiger partial charge in [-0.2, -0.15) is 0 Å². The fraction of sp³-hybridized carbons (Fsp3) is 0.250. The first-order valence-corrected chi connectivity index (χ1v) is 7.61. The Morgan fingerprint density at radius 2 is 1.83 bits per heavy atom. The van der Waals surface area contributed by atoms with Gasteiger partial charge in [0.1, 0.15) is 0 Å². The van der Waals surface area contributed by atoms with Crippen molar-refractivity contribution in [3.63, 3.8) is 0 Å². The molecule has 1 saturated heterocycles. The molecular weight excluding hydrogens is 292 g/mol. The average molecular weight is 308 g/mol. The van der Waals surface area contributed by atoms with Crippen LogP contribution in [-0.2, 0) is 0 Å². The average Bonchev–Trinajstić information content (AvgIpc) is 3.28. The minimum atomic E-state index is 0.352. The van der Waals surface area contributed by atoms with Crippen molar-refractivity contribution >= 4 is 17.5 Å². The minimum Gasteiger partial charge on any atom is -0.403 e. The van der Waals surface area contributed by atoms with Gasteiger partial charge in [-0.05, 0) is 37.1 Å². The Morgan fingerprint density at radius 1 is 1.00 bits per heavy atom. The summed E-state index contributed by atoms with van der Waals surface area (Å²) in [6.45, 7) is 2.05. The van der Waals surface area contributed by atoms with Gasteiger partial charge in [-0.25, -0.2) is 4.98 Å². The van der Waals surface area contributed by atoms with Gasteiger partial charge in [0.25, 0.3) is 0 Å². The highest BCUT2D eigenvalue weighted by Gasteiger charge is 2.18. The van der Waals surface area contributed by atoms with Gasteiger partial charge in [0.2, 0.25) is 5.89 Å². The Kier molecular flexibility index (Phi) is 3.59. The van der Waals surface area contributed by atoms with Crippen molar-refractivity contribution in [3.8, 4) is 11.5 Å². The van der Waals surface area contributed by atoms with Crippen LogP contribution in [-0.4, -0.2) is 33.3 Å². The number of hydrogen-bond donors (Lipinski definition) is 1. The number of hydrogen-bond acceptors (Lipinski definition) is 7. The van der Waals surface area contributed by atoms with Crippen LogP contribution in [0.25, 0.3) is 11.5 Å². The van der Waals surface area contributed by atoms with Crippen molar-refractivity contribution in [2.24, 2.45) is 0 Å². The molecule has 7 heteroatoms. The Bertz CT molecular complexity index is 782. The van der Waals surface area contributed by atoms with Crippen LogP contribution in [0, 0.1) is 0 Å². The first-order valence-electron chi connectivity index (χ1n) is 7.61. The van der Waals surface area contributed by atoms with Gasteiger partial charge in [-0.15, -0.1) is 5.10 Å². The van der Waals surface area contributed by atoms with E-state index in [9.17, 15) is 0 Å². The molecule has 3 aromatic rings. The molecule has 0 radical (unpaired) electrons. The van der Waals surface area contributed by atoms with E-state index in [1.807, 2.05) is 24.3 Å². The van der Waals surface area contributed by atoms with Crippen molar-refractivity contribution in [3.05, 3.63) is 42.9 Å². The van der Waals surface area contributed by atoms with Gasteiger partial charge in [0, 0.05) is 37.2 Å². The van der Waals surface area contributed by atoms with Crippen LogP contribution < -0.4 is 10.2 Å². The molecule has 116 valence electrons.